The fourth-order valence-corrected chi connectivity index (χ4v) is 0.626. The maximum atomic E-state index is 11.6. The van der Waals surface area contributed by atoms with Gasteiger partial charge in [-0.1, -0.05) is 6.92 Å². The Bertz CT molecular complexity index is 227. The molecule has 1 unspecified atom stereocenters. The molecule has 1 amide bonds. The maximum absolute atomic E-state index is 11.6. The van der Waals surface area contributed by atoms with Crippen molar-refractivity contribution in [3.05, 3.63) is 0 Å². The van der Waals surface area contributed by atoms with Crippen LogP contribution in [0.25, 0.3) is 0 Å². The number of rotatable bonds is 4. The van der Waals surface area contributed by atoms with Gasteiger partial charge in [0, 0.05) is 6.54 Å². The minimum absolute atomic E-state index is 0.0306. The van der Waals surface area contributed by atoms with E-state index in [2.05, 4.69) is 0 Å². The van der Waals surface area contributed by atoms with E-state index in [0.717, 1.165) is 0 Å². The Balaban J connectivity index is 3.76. The maximum Gasteiger partial charge on any atom is 0.471 e. The molecule has 82 valence electrons. The first-order chi connectivity index (χ1) is 6.25. The Morgan fingerprint density at radius 3 is 2.29 bits per heavy atom. The molecule has 0 fully saturated rings. The van der Waals surface area contributed by atoms with E-state index in [-0.39, 0.29) is 13.0 Å². The number of amides is 1. The van der Waals surface area contributed by atoms with Crippen LogP contribution in [0.1, 0.15) is 13.3 Å². The second kappa shape index (κ2) is 4.83. The van der Waals surface area contributed by atoms with E-state index >= 15 is 0 Å². The molecule has 0 aromatic heterocycles. The molecule has 0 rings (SSSR count). The number of hydrogen-bond donors (Lipinski definition) is 2. The molecule has 4 nitrogen and oxygen atoms in total. The molecule has 0 saturated carbocycles. The van der Waals surface area contributed by atoms with Crippen molar-refractivity contribution in [1.29, 1.82) is 0 Å². The Kier molecular flexibility index (Phi) is 4.39. The quantitative estimate of drug-likeness (QED) is 0.725. The van der Waals surface area contributed by atoms with Gasteiger partial charge in [0.25, 0.3) is 0 Å². The number of halogens is 3. The number of carboxylic acid groups (broad SMARTS) is 1. The molecular weight excluding hydrogens is 203 g/mol. The van der Waals surface area contributed by atoms with Crippen molar-refractivity contribution in [3.8, 4) is 0 Å². The summed E-state index contributed by atoms with van der Waals surface area (Å²) in [5.74, 6) is -3.93. The van der Waals surface area contributed by atoms with Crippen LogP contribution < -0.4 is 5.32 Å². The molecule has 7 heteroatoms. The van der Waals surface area contributed by atoms with Crippen molar-refractivity contribution in [2.75, 3.05) is 6.54 Å². The van der Waals surface area contributed by atoms with Gasteiger partial charge in [-0.25, -0.2) is 0 Å². The summed E-state index contributed by atoms with van der Waals surface area (Å²) in [6, 6.07) is 0. The van der Waals surface area contributed by atoms with Crippen molar-refractivity contribution >= 4 is 11.9 Å². The van der Waals surface area contributed by atoms with Crippen LogP contribution in [0.2, 0.25) is 0 Å². The number of carbonyl (C=O) groups is 2. The van der Waals surface area contributed by atoms with Crippen molar-refractivity contribution in [2.45, 2.75) is 19.5 Å². The lowest BCUT2D eigenvalue weighted by atomic mass is 10.1. The van der Waals surface area contributed by atoms with E-state index in [9.17, 15) is 22.8 Å². The lowest BCUT2D eigenvalue weighted by molar-refractivity contribution is -0.173. The predicted octanol–water partition coefficient (Wildman–Crippen LogP) is 0.776. The molecule has 1 atom stereocenters. The highest BCUT2D eigenvalue weighted by Gasteiger charge is 2.38. The van der Waals surface area contributed by atoms with Crippen molar-refractivity contribution < 1.29 is 27.9 Å². The summed E-state index contributed by atoms with van der Waals surface area (Å²) in [7, 11) is 0. The van der Waals surface area contributed by atoms with Crippen LogP contribution in [0, 0.1) is 5.92 Å². The number of nitrogens with one attached hydrogen (secondary N) is 1. The Hall–Kier alpha value is -1.27. The average Bonchev–Trinajstić information content (AvgIpc) is 2.01. The number of hydrogen-bond acceptors (Lipinski definition) is 2. The van der Waals surface area contributed by atoms with Crippen LogP contribution in [0.5, 0.6) is 0 Å². The van der Waals surface area contributed by atoms with Gasteiger partial charge in [-0.3, -0.25) is 9.59 Å². The summed E-state index contributed by atoms with van der Waals surface area (Å²) in [6.45, 7) is 1.05. The van der Waals surface area contributed by atoms with E-state index in [0.29, 0.717) is 0 Å². The molecule has 0 spiro atoms. The van der Waals surface area contributed by atoms with Crippen LogP contribution in [-0.2, 0) is 9.59 Å². The summed E-state index contributed by atoms with van der Waals surface area (Å²) in [4.78, 5) is 20.5. The molecule has 0 aromatic rings. The Morgan fingerprint density at radius 1 is 1.43 bits per heavy atom. The normalized spacial score (nSPS) is 13.4. The number of carbonyl (C=O) groups excluding carboxylic acids is 1. The fourth-order valence-electron chi connectivity index (χ4n) is 0.626. The molecule has 0 saturated heterocycles. The topological polar surface area (TPSA) is 66.4 Å². The van der Waals surface area contributed by atoms with Crippen LogP contribution in [0.3, 0.4) is 0 Å². The molecule has 0 aliphatic heterocycles. The third-order valence-electron chi connectivity index (χ3n) is 1.54. The van der Waals surface area contributed by atoms with E-state index in [1.807, 2.05) is 0 Å². The first kappa shape index (κ1) is 12.7. The van der Waals surface area contributed by atoms with Crippen LogP contribution in [0.15, 0.2) is 0 Å². The van der Waals surface area contributed by atoms with Gasteiger partial charge in [0.15, 0.2) is 0 Å². The minimum atomic E-state index is -4.91. The van der Waals surface area contributed by atoms with Crippen molar-refractivity contribution in [3.63, 3.8) is 0 Å². The van der Waals surface area contributed by atoms with E-state index in [4.69, 9.17) is 5.11 Å². The number of aliphatic carboxylic acids is 1. The Labute approximate surface area is 78.1 Å². The zero-order valence-electron chi connectivity index (χ0n) is 7.39. The summed E-state index contributed by atoms with van der Waals surface area (Å²) >= 11 is 0. The second-order valence-corrected chi connectivity index (χ2v) is 2.78. The van der Waals surface area contributed by atoms with E-state index in [1.54, 1.807) is 5.32 Å². The minimum Gasteiger partial charge on any atom is -0.481 e. The highest BCUT2D eigenvalue weighted by molar-refractivity contribution is 5.81. The zero-order valence-corrected chi connectivity index (χ0v) is 7.39. The third kappa shape index (κ3) is 4.68. The highest BCUT2D eigenvalue weighted by Crippen LogP contribution is 2.14. The number of carboxylic acids is 1. The lowest BCUT2D eigenvalue weighted by Crippen LogP contribution is -2.37. The molecule has 0 bridgehead atoms. The first-order valence-electron chi connectivity index (χ1n) is 3.83. The lowest BCUT2D eigenvalue weighted by Gasteiger charge is -2.09. The molecule has 14 heavy (non-hydrogen) atoms. The van der Waals surface area contributed by atoms with Gasteiger partial charge in [-0.05, 0) is 6.42 Å². The number of alkyl halides is 3. The average molecular weight is 213 g/mol. The van der Waals surface area contributed by atoms with Gasteiger partial charge >= 0.3 is 18.1 Å². The monoisotopic (exact) mass is 213 g/mol. The highest BCUT2D eigenvalue weighted by atomic mass is 19.4. The predicted molar refractivity (Wildman–Crippen MR) is 40.5 cm³/mol. The summed E-state index contributed by atoms with van der Waals surface area (Å²) in [5, 5.41) is 9.95. The third-order valence-corrected chi connectivity index (χ3v) is 1.54. The van der Waals surface area contributed by atoms with Crippen molar-refractivity contribution in [1.82, 2.24) is 5.32 Å². The van der Waals surface area contributed by atoms with Gasteiger partial charge in [0.1, 0.15) is 0 Å². The van der Waals surface area contributed by atoms with Crippen molar-refractivity contribution in [2.24, 2.45) is 5.92 Å². The molecule has 2 N–H and O–H groups in total. The molecule has 0 aliphatic carbocycles. The second-order valence-electron chi connectivity index (χ2n) is 2.78. The molecule has 0 radical (unpaired) electrons. The summed E-state index contributed by atoms with van der Waals surface area (Å²) < 4.78 is 34.8. The zero-order chi connectivity index (χ0) is 11.4. The Morgan fingerprint density at radius 2 is 1.93 bits per heavy atom. The standard InChI is InChI=1S/C7H10F3NO3/c1-4(5(12)13)2-3-11-6(14)7(8,9)10/h4H,2-3H2,1H3,(H,11,14)(H,12,13). The molecule has 0 aromatic carbocycles. The molecular formula is C7H10F3NO3. The first-order valence-corrected chi connectivity index (χ1v) is 3.83. The van der Waals surface area contributed by atoms with Gasteiger partial charge in [0.05, 0.1) is 5.92 Å². The van der Waals surface area contributed by atoms with Crippen LogP contribution >= 0.6 is 0 Å². The van der Waals surface area contributed by atoms with E-state index < -0.39 is 24.0 Å². The van der Waals surface area contributed by atoms with Gasteiger partial charge in [-0.15, -0.1) is 0 Å². The molecule has 0 aliphatic rings. The van der Waals surface area contributed by atoms with Gasteiger partial charge < -0.3 is 10.4 Å². The smallest absolute Gasteiger partial charge is 0.471 e. The van der Waals surface area contributed by atoms with Crippen LogP contribution in [0.4, 0.5) is 13.2 Å². The fraction of sp³-hybridized carbons (Fsp3) is 0.714. The largest absolute Gasteiger partial charge is 0.481 e. The molecule has 0 heterocycles. The SMILES string of the molecule is CC(CCNC(=O)C(F)(F)F)C(=O)O. The van der Waals surface area contributed by atoms with Crippen LogP contribution in [-0.4, -0.2) is 29.7 Å². The summed E-state index contributed by atoms with van der Waals surface area (Å²) in [5.41, 5.74) is 0. The van der Waals surface area contributed by atoms with E-state index in [1.165, 1.54) is 6.92 Å². The summed E-state index contributed by atoms with van der Waals surface area (Å²) in [6.07, 6.45) is -4.94. The van der Waals surface area contributed by atoms with Gasteiger partial charge in [0.2, 0.25) is 0 Å². The van der Waals surface area contributed by atoms with Gasteiger partial charge in [-0.2, -0.15) is 13.2 Å².